The highest BCUT2D eigenvalue weighted by Gasteiger charge is 2.13. The number of ether oxygens (including phenoxy) is 2. The first-order valence-electron chi connectivity index (χ1n) is 6.53. The summed E-state index contributed by atoms with van der Waals surface area (Å²) < 4.78 is 10.6. The lowest BCUT2D eigenvalue weighted by Gasteiger charge is -2.15. The Kier molecular flexibility index (Phi) is 5.40. The fourth-order valence-corrected chi connectivity index (χ4v) is 2.10. The molecule has 0 aromatic heterocycles. The Morgan fingerprint density at radius 1 is 1.14 bits per heavy atom. The zero-order chi connectivity index (χ0) is 15.2. The van der Waals surface area contributed by atoms with Crippen LogP contribution in [-0.4, -0.2) is 23.1 Å². The Balaban J connectivity index is 1.73. The molecule has 1 aromatic rings. The van der Waals surface area contributed by atoms with Crippen molar-refractivity contribution in [2.45, 2.75) is 26.4 Å². The van der Waals surface area contributed by atoms with Crippen molar-refractivity contribution >= 4 is 34.7 Å². The van der Waals surface area contributed by atoms with Crippen LogP contribution < -0.4 is 31.0 Å². The first-order valence-corrected chi connectivity index (χ1v) is 7.35. The molecule has 4 N–H and O–H groups in total. The number of benzene rings is 1. The molecule has 0 saturated heterocycles. The molecule has 6 nitrogen and oxygen atoms in total. The summed E-state index contributed by atoms with van der Waals surface area (Å²) in [5, 5.41) is 7.07. The zero-order valence-corrected chi connectivity index (χ0v) is 13.5. The third-order valence-corrected chi connectivity index (χ3v) is 3.07. The summed E-state index contributed by atoms with van der Waals surface area (Å²) >= 11 is 10.2. The average molecular weight is 326 g/mol. The first kappa shape index (κ1) is 15.6. The lowest BCUT2D eigenvalue weighted by Crippen LogP contribution is -2.51. The van der Waals surface area contributed by atoms with E-state index in [1.807, 2.05) is 32.0 Å². The van der Waals surface area contributed by atoms with Gasteiger partial charge in [-0.2, -0.15) is 0 Å². The van der Waals surface area contributed by atoms with Crippen molar-refractivity contribution in [1.82, 2.24) is 21.5 Å². The fourth-order valence-electron chi connectivity index (χ4n) is 1.69. The minimum absolute atomic E-state index is 0.266. The third-order valence-electron chi connectivity index (χ3n) is 2.60. The zero-order valence-electron chi connectivity index (χ0n) is 11.9. The lowest BCUT2D eigenvalue weighted by molar-refractivity contribution is 0.174. The number of hydrazine groups is 1. The maximum Gasteiger partial charge on any atom is 0.231 e. The summed E-state index contributed by atoms with van der Waals surface area (Å²) in [5.41, 5.74) is 6.68. The highest BCUT2D eigenvalue weighted by atomic mass is 32.1. The molecule has 0 spiro atoms. The van der Waals surface area contributed by atoms with Gasteiger partial charge in [0.2, 0.25) is 6.79 Å². The number of hydrogen-bond acceptors (Lipinski definition) is 4. The van der Waals surface area contributed by atoms with Gasteiger partial charge >= 0.3 is 0 Å². The normalized spacial score (nSPS) is 12.0. The van der Waals surface area contributed by atoms with E-state index in [1.165, 1.54) is 0 Å². The Labute approximate surface area is 134 Å². The summed E-state index contributed by atoms with van der Waals surface area (Å²) in [5.74, 6) is 1.53. The van der Waals surface area contributed by atoms with Crippen LogP contribution in [0.25, 0.3) is 0 Å². The predicted molar refractivity (Wildman–Crippen MR) is 89.1 cm³/mol. The second kappa shape index (κ2) is 7.28. The molecule has 2 rings (SSSR count). The Morgan fingerprint density at radius 3 is 2.62 bits per heavy atom. The van der Waals surface area contributed by atoms with Crippen LogP contribution in [0.4, 0.5) is 0 Å². The van der Waals surface area contributed by atoms with Crippen molar-refractivity contribution in [1.29, 1.82) is 0 Å². The van der Waals surface area contributed by atoms with E-state index in [9.17, 15) is 0 Å². The molecule has 8 heteroatoms. The molecule has 0 amide bonds. The number of thiocarbonyl (C=S) groups is 2. The monoisotopic (exact) mass is 326 g/mol. The summed E-state index contributed by atoms with van der Waals surface area (Å²) in [6.07, 6.45) is 0. The number of rotatable bonds is 3. The molecule has 0 bridgehead atoms. The Bertz CT molecular complexity index is 537. The van der Waals surface area contributed by atoms with Gasteiger partial charge in [-0.3, -0.25) is 10.9 Å². The van der Waals surface area contributed by atoms with Gasteiger partial charge in [0.1, 0.15) is 0 Å². The summed E-state index contributed by atoms with van der Waals surface area (Å²) in [7, 11) is 0. The highest BCUT2D eigenvalue weighted by molar-refractivity contribution is 7.80. The minimum Gasteiger partial charge on any atom is -0.454 e. The van der Waals surface area contributed by atoms with Crippen LogP contribution in [0.15, 0.2) is 18.2 Å². The van der Waals surface area contributed by atoms with E-state index in [0.717, 1.165) is 17.1 Å². The van der Waals surface area contributed by atoms with E-state index >= 15 is 0 Å². The van der Waals surface area contributed by atoms with Crippen LogP contribution in [0.3, 0.4) is 0 Å². The Hall–Kier alpha value is -1.80. The Morgan fingerprint density at radius 2 is 1.86 bits per heavy atom. The van der Waals surface area contributed by atoms with E-state index in [-0.39, 0.29) is 12.8 Å². The van der Waals surface area contributed by atoms with Gasteiger partial charge in [-0.15, -0.1) is 0 Å². The molecule has 1 aromatic carbocycles. The van der Waals surface area contributed by atoms with E-state index in [2.05, 4.69) is 21.5 Å². The van der Waals surface area contributed by atoms with Gasteiger partial charge in [-0.1, -0.05) is 6.07 Å². The fraction of sp³-hybridized carbons (Fsp3) is 0.385. The van der Waals surface area contributed by atoms with Crippen LogP contribution in [-0.2, 0) is 6.54 Å². The SMILES string of the molecule is CC(C)NC(=S)NNC(=S)NCc1ccc2c(c1)OCO2. The van der Waals surface area contributed by atoms with E-state index in [4.69, 9.17) is 33.9 Å². The second-order valence-corrected chi connectivity index (χ2v) is 5.56. The average Bonchev–Trinajstić information content (AvgIpc) is 2.89. The molecule has 0 aliphatic carbocycles. The first-order chi connectivity index (χ1) is 10.0. The molecule has 0 radical (unpaired) electrons. The molecule has 1 aliphatic heterocycles. The van der Waals surface area contributed by atoms with Gasteiger partial charge in [0.25, 0.3) is 0 Å². The van der Waals surface area contributed by atoms with Crippen LogP contribution in [0.5, 0.6) is 11.5 Å². The second-order valence-electron chi connectivity index (χ2n) is 4.75. The smallest absolute Gasteiger partial charge is 0.231 e. The van der Waals surface area contributed by atoms with Gasteiger partial charge in [-0.05, 0) is 56.0 Å². The standard InChI is InChI=1S/C13H18N4O2S2/c1-8(2)15-13(21)17-16-12(20)14-6-9-3-4-10-11(5-9)19-7-18-10/h3-5,8H,6-7H2,1-2H3,(H2,14,16,20)(H2,15,17,21). The maximum atomic E-state index is 5.33. The number of fused-ring (bicyclic) bond motifs is 1. The van der Waals surface area contributed by atoms with Gasteiger partial charge < -0.3 is 20.1 Å². The molecular weight excluding hydrogens is 308 g/mol. The molecule has 1 aliphatic rings. The highest BCUT2D eigenvalue weighted by Crippen LogP contribution is 2.32. The quantitative estimate of drug-likeness (QED) is 0.488. The van der Waals surface area contributed by atoms with E-state index in [1.54, 1.807) is 0 Å². The molecule has 0 atom stereocenters. The van der Waals surface area contributed by atoms with E-state index in [0.29, 0.717) is 16.8 Å². The molecule has 0 unspecified atom stereocenters. The number of nitrogens with one attached hydrogen (secondary N) is 4. The van der Waals surface area contributed by atoms with Gasteiger partial charge in [0, 0.05) is 12.6 Å². The summed E-state index contributed by atoms with van der Waals surface area (Å²) in [4.78, 5) is 0. The van der Waals surface area contributed by atoms with Crippen LogP contribution in [0.2, 0.25) is 0 Å². The summed E-state index contributed by atoms with van der Waals surface area (Å²) in [6, 6.07) is 6.04. The van der Waals surface area contributed by atoms with Gasteiger partial charge in [0.05, 0.1) is 0 Å². The third kappa shape index (κ3) is 4.91. The van der Waals surface area contributed by atoms with Crippen LogP contribution in [0, 0.1) is 0 Å². The molecule has 114 valence electrons. The number of hydrogen-bond donors (Lipinski definition) is 4. The van der Waals surface area contributed by atoms with Crippen molar-refractivity contribution in [2.24, 2.45) is 0 Å². The van der Waals surface area contributed by atoms with Gasteiger partial charge in [0.15, 0.2) is 21.7 Å². The molecule has 1 heterocycles. The lowest BCUT2D eigenvalue weighted by atomic mass is 10.2. The van der Waals surface area contributed by atoms with Crippen molar-refractivity contribution in [3.63, 3.8) is 0 Å². The van der Waals surface area contributed by atoms with Gasteiger partial charge in [-0.25, -0.2) is 0 Å². The van der Waals surface area contributed by atoms with Crippen molar-refractivity contribution < 1.29 is 9.47 Å². The van der Waals surface area contributed by atoms with Crippen LogP contribution in [0.1, 0.15) is 19.4 Å². The van der Waals surface area contributed by atoms with Crippen molar-refractivity contribution in [2.75, 3.05) is 6.79 Å². The molecule has 0 fully saturated rings. The predicted octanol–water partition coefficient (Wildman–Crippen LogP) is 1.17. The summed E-state index contributed by atoms with van der Waals surface area (Å²) in [6.45, 7) is 4.86. The topological polar surface area (TPSA) is 66.6 Å². The maximum absolute atomic E-state index is 5.33. The molecule has 0 saturated carbocycles. The minimum atomic E-state index is 0.266. The van der Waals surface area contributed by atoms with Crippen molar-refractivity contribution in [3.05, 3.63) is 23.8 Å². The van der Waals surface area contributed by atoms with Crippen molar-refractivity contribution in [3.8, 4) is 11.5 Å². The largest absolute Gasteiger partial charge is 0.454 e. The van der Waals surface area contributed by atoms with E-state index < -0.39 is 0 Å². The molecule has 21 heavy (non-hydrogen) atoms. The molecular formula is C13H18N4O2S2. The van der Waals surface area contributed by atoms with Crippen LogP contribution >= 0.6 is 24.4 Å².